The van der Waals surface area contributed by atoms with Gasteiger partial charge in [0.15, 0.2) is 0 Å². The van der Waals surface area contributed by atoms with Crippen LogP contribution in [-0.4, -0.2) is 19.5 Å². The van der Waals surface area contributed by atoms with Gasteiger partial charge < -0.3 is 9.52 Å². The summed E-state index contributed by atoms with van der Waals surface area (Å²) in [6, 6.07) is 14.4. The number of fused-ring (bicyclic) bond motifs is 1. The average molecular weight is 359 g/mol. The topological polar surface area (TPSA) is 96.6 Å². The lowest BCUT2D eigenvalue weighted by Crippen LogP contribution is -2.30. The SMILES string of the molecule is Cc1ccc(C(CC(=O)O)NS(=O)(=O)c2ccc3ccccc3c2)o1. The fourth-order valence-corrected chi connectivity index (χ4v) is 3.84. The lowest BCUT2D eigenvalue weighted by molar-refractivity contribution is -0.137. The van der Waals surface area contributed by atoms with Crippen molar-refractivity contribution in [3.63, 3.8) is 0 Å². The van der Waals surface area contributed by atoms with Gasteiger partial charge in [-0.1, -0.05) is 30.3 Å². The minimum Gasteiger partial charge on any atom is -0.481 e. The van der Waals surface area contributed by atoms with E-state index >= 15 is 0 Å². The fourth-order valence-electron chi connectivity index (χ4n) is 2.61. The van der Waals surface area contributed by atoms with Gasteiger partial charge in [-0.25, -0.2) is 8.42 Å². The second kappa shape index (κ2) is 6.70. The van der Waals surface area contributed by atoms with Crippen molar-refractivity contribution in [1.29, 1.82) is 0 Å². The quantitative estimate of drug-likeness (QED) is 0.704. The van der Waals surface area contributed by atoms with E-state index in [0.717, 1.165) is 10.8 Å². The Labute approximate surface area is 145 Å². The Kier molecular flexibility index (Phi) is 4.61. The molecule has 0 aliphatic rings. The molecule has 3 aromatic rings. The lowest BCUT2D eigenvalue weighted by Gasteiger charge is -2.15. The molecule has 2 aromatic carbocycles. The standard InChI is InChI=1S/C18H17NO5S/c1-12-6-9-17(24-12)16(11-18(20)21)19-25(22,23)15-8-7-13-4-2-3-5-14(13)10-15/h2-10,16,19H,11H2,1H3,(H,20,21). The molecule has 130 valence electrons. The molecule has 25 heavy (non-hydrogen) atoms. The summed E-state index contributed by atoms with van der Waals surface area (Å²) < 4.78 is 33.2. The van der Waals surface area contributed by atoms with Crippen molar-refractivity contribution in [2.24, 2.45) is 0 Å². The summed E-state index contributed by atoms with van der Waals surface area (Å²) in [5.41, 5.74) is 0. The molecule has 6 nitrogen and oxygen atoms in total. The number of sulfonamides is 1. The lowest BCUT2D eigenvalue weighted by atomic mass is 10.1. The number of hydrogen-bond acceptors (Lipinski definition) is 4. The summed E-state index contributed by atoms with van der Waals surface area (Å²) in [5.74, 6) is -0.278. The Bertz CT molecular complexity index is 1020. The molecule has 0 saturated carbocycles. The first-order valence-corrected chi connectivity index (χ1v) is 9.13. The van der Waals surface area contributed by atoms with Crippen LogP contribution in [0.1, 0.15) is 24.0 Å². The number of rotatable bonds is 6. The van der Waals surface area contributed by atoms with Gasteiger partial charge in [-0.15, -0.1) is 0 Å². The molecular formula is C18H17NO5S. The summed E-state index contributed by atoms with van der Waals surface area (Å²) in [6.07, 6.45) is -0.417. The number of carboxylic acids is 1. The number of carboxylic acid groups (broad SMARTS) is 1. The molecule has 7 heteroatoms. The van der Waals surface area contributed by atoms with Crippen LogP contribution >= 0.6 is 0 Å². The molecular weight excluding hydrogens is 342 g/mol. The largest absolute Gasteiger partial charge is 0.481 e. The third-order valence-corrected chi connectivity index (χ3v) is 5.28. The maximum atomic E-state index is 12.7. The van der Waals surface area contributed by atoms with E-state index in [1.54, 1.807) is 31.2 Å². The Hall–Kier alpha value is -2.64. The number of nitrogens with one attached hydrogen (secondary N) is 1. The van der Waals surface area contributed by atoms with Crippen molar-refractivity contribution in [2.45, 2.75) is 24.3 Å². The van der Waals surface area contributed by atoms with Crippen molar-refractivity contribution in [1.82, 2.24) is 4.72 Å². The second-order valence-corrected chi connectivity index (χ2v) is 7.44. The van der Waals surface area contributed by atoms with Crippen molar-refractivity contribution < 1.29 is 22.7 Å². The third kappa shape index (κ3) is 3.89. The minimum atomic E-state index is -3.91. The van der Waals surface area contributed by atoms with Crippen LogP contribution in [0.4, 0.5) is 0 Å². The van der Waals surface area contributed by atoms with Crippen molar-refractivity contribution in [3.8, 4) is 0 Å². The summed E-state index contributed by atoms with van der Waals surface area (Å²) in [6.45, 7) is 1.71. The molecule has 0 amide bonds. The minimum absolute atomic E-state index is 0.0740. The van der Waals surface area contributed by atoms with Crippen LogP contribution in [0.2, 0.25) is 0 Å². The number of aryl methyl sites for hydroxylation is 1. The van der Waals surface area contributed by atoms with Crippen LogP contribution in [0.3, 0.4) is 0 Å². The summed E-state index contributed by atoms with van der Waals surface area (Å²) >= 11 is 0. The van der Waals surface area contributed by atoms with E-state index in [4.69, 9.17) is 9.52 Å². The molecule has 1 atom stereocenters. The van der Waals surface area contributed by atoms with Gasteiger partial charge in [-0.3, -0.25) is 4.79 Å². The number of aliphatic carboxylic acids is 1. The zero-order valence-electron chi connectivity index (χ0n) is 13.5. The van der Waals surface area contributed by atoms with E-state index in [2.05, 4.69) is 4.72 Å². The molecule has 0 aliphatic heterocycles. The zero-order valence-corrected chi connectivity index (χ0v) is 14.3. The van der Waals surface area contributed by atoms with Gasteiger partial charge >= 0.3 is 5.97 Å². The molecule has 1 heterocycles. The first kappa shape index (κ1) is 17.2. The Morgan fingerprint density at radius 2 is 1.84 bits per heavy atom. The average Bonchev–Trinajstić information content (AvgIpc) is 2.99. The normalized spacial score (nSPS) is 13.0. The highest BCUT2D eigenvalue weighted by Crippen LogP contribution is 2.24. The fraction of sp³-hybridized carbons (Fsp3) is 0.167. The van der Waals surface area contributed by atoms with Crippen molar-refractivity contribution in [3.05, 3.63) is 66.1 Å². The predicted octanol–water partition coefficient (Wildman–Crippen LogP) is 3.24. The van der Waals surface area contributed by atoms with Gasteiger partial charge in [0.25, 0.3) is 0 Å². The highest BCUT2D eigenvalue weighted by atomic mass is 32.2. The van der Waals surface area contributed by atoms with Crippen LogP contribution in [0.5, 0.6) is 0 Å². The van der Waals surface area contributed by atoms with Gasteiger partial charge in [0.2, 0.25) is 10.0 Å². The number of hydrogen-bond donors (Lipinski definition) is 2. The van der Waals surface area contributed by atoms with Gasteiger partial charge in [0.1, 0.15) is 11.5 Å². The molecule has 0 saturated heterocycles. The van der Waals surface area contributed by atoms with Crippen LogP contribution < -0.4 is 4.72 Å². The summed E-state index contributed by atoms with van der Waals surface area (Å²) in [7, 11) is -3.91. The molecule has 0 aliphatic carbocycles. The maximum Gasteiger partial charge on any atom is 0.305 e. The molecule has 0 radical (unpaired) electrons. The van der Waals surface area contributed by atoms with E-state index in [0.29, 0.717) is 5.76 Å². The highest BCUT2D eigenvalue weighted by molar-refractivity contribution is 7.89. The van der Waals surface area contributed by atoms with E-state index in [1.165, 1.54) is 6.07 Å². The maximum absolute atomic E-state index is 12.7. The summed E-state index contributed by atoms with van der Waals surface area (Å²) in [4.78, 5) is 11.2. The zero-order chi connectivity index (χ0) is 18.0. The predicted molar refractivity (Wildman–Crippen MR) is 92.7 cm³/mol. The third-order valence-electron chi connectivity index (χ3n) is 3.81. The Morgan fingerprint density at radius 3 is 2.48 bits per heavy atom. The van der Waals surface area contributed by atoms with Crippen LogP contribution in [-0.2, 0) is 14.8 Å². The first-order valence-electron chi connectivity index (χ1n) is 7.64. The van der Waals surface area contributed by atoms with Crippen LogP contribution in [0, 0.1) is 6.92 Å². The van der Waals surface area contributed by atoms with Gasteiger partial charge in [0.05, 0.1) is 17.4 Å². The van der Waals surface area contributed by atoms with E-state index in [9.17, 15) is 13.2 Å². The molecule has 1 aromatic heterocycles. The molecule has 0 fully saturated rings. The van der Waals surface area contributed by atoms with Gasteiger partial charge in [0, 0.05) is 0 Å². The second-order valence-electron chi connectivity index (χ2n) is 5.73. The van der Waals surface area contributed by atoms with E-state index < -0.39 is 28.5 Å². The molecule has 0 bridgehead atoms. The Balaban J connectivity index is 1.94. The monoisotopic (exact) mass is 359 g/mol. The van der Waals surface area contributed by atoms with Crippen LogP contribution in [0.15, 0.2) is 63.9 Å². The summed E-state index contributed by atoms with van der Waals surface area (Å²) in [5, 5.41) is 10.8. The molecule has 3 rings (SSSR count). The molecule has 2 N–H and O–H groups in total. The van der Waals surface area contributed by atoms with E-state index in [1.807, 2.05) is 24.3 Å². The van der Waals surface area contributed by atoms with Crippen molar-refractivity contribution >= 4 is 26.8 Å². The van der Waals surface area contributed by atoms with E-state index in [-0.39, 0.29) is 10.7 Å². The first-order chi connectivity index (χ1) is 11.8. The molecule has 0 spiro atoms. The molecule has 1 unspecified atom stereocenters. The van der Waals surface area contributed by atoms with Gasteiger partial charge in [-0.05, 0) is 42.0 Å². The number of carbonyl (C=O) groups is 1. The van der Waals surface area contributed by atoms with Gasteiger partial charge in [-0.2, -0.15) is 4.72 Å². The smallest absolute Gasteiger partial charge is 0.305 e. The van der Waals surface area contributed by atoms with Crippen molar-refractivity contribution in [2.75, 3.05) is 0 Å². The van der Waals surface area contributed by atoms with Crippen LogP contribution in [0.25, 0.3) is 10.8 Å². The Morgan fingerprint density at radius 1 is 1.12 bits per heavy atom. The number of furan rings is 1. The highest BCUT2D eigenvalue weighted by Gasteiger charge is 2.26. The number of benzene rings is 2.